The molecule has 5 rings (SSSR count). The Bertz CT molecular complexity index is 1070. The quantitative estimate of drug-likeness (QED) is 0.712. The summed E-state index contributed by atoms with van der Waals surface area (Å²) in [5, 5.41) is 0. The molecule has 2 aliphatic rings. The van der Waals surface area contributed by atoms with Crippen molar-refractivity contribution in [1.29, 1.82) is 0 Å². The van der Waals surface area contributed by atoms with Crippen molar-refractivity contribution < 1.29 is 9.13 Å². The Morgan fingerprint density at radius 3 is 2.67 bits per heavy atom. The summed E-state index contributed by atoms with van der Waals surface area (Å²) in [7, 11) is 1.64. The molecule has 136 valence electrons. The Morgan fingerprint density at radius 1 is 1.11 bits per heavy atom. The van der Waals surface area contributed by atoms with E-state index in [9.17, 15) is 4.39 Å². The number of rotatable bonds is 3. The molecule has 1 aromatic heterocycles. The molecule has 2 heterocycles. The smallest absolute Gasteiger partial charge is 0.219 e. The first-order valence-electron chi connectivity index (χ1n) is 8.90. The van der Waals surface area contributed by atoms with Crippen LogP contribution in [0.3, 0.4) is 0 Å². The van der Waals surface area contributed by atoms with Crippen LogP contribution in [0.25, 0.3) is 11.0 Å². The molecule has 0 saturated heterocycles. The zero-order valence-corrected chi connectivity index (χ0v) is 14.8. The molecule has 2 aromatic carbocycles. The fourth-order valence-corrected chi connectivity index (χ4v) is 3.38. The molecular formula is C20H18FN5O. The first kappa shape index (κ1) is 16.0. The lowest BCUT2D eigenvalue weighted by Gasteiger charge is -2.27. The van der Waals surface area contributed by atoms with Crippen LogP contribution in [0.4, 0.5) is 10.1 Å². The number of halogens is 1. The van der Waals surface area contributed by atoms with E-state index in [0.29, 0.717) is 18.1 Å². The van der Waals surface area contributed by atoms with Gasteiger partial charge in [0.2, 0.25) is 5.96 Å². The molecule has 0 amide bonds. The van der Waals surface area contributed by atoms with Gasteiger partial charge in [-0.3, -0.25) is 14.5 Å². The van der Waals surface area contributed by atoms with E-state index in [0.717, 1.165) is 41.6 Å². The minimum atomic E-state index is -0.284. The highest BCUT2D eigenvalue weighted by Crippen LogP contribution is 2.41. The van der Waals surface area contributed by atoms with E-state index in [4.69, 9.17) is 9.72 Å². The normalized spacial score (nSPS) is 16.7. The Kier molecular flexibility index (Phi) is 3.67. The predicted molar refractivity (Wildman–Crippen MR) is 103 cm³/mol. The number of anilines is 1. The molecule has 1 aliphatic heterocycles. The molecule has 0 bridgehead atoms. The summed E-state index contributed by atoms with van der Waals surface area (Å²) in [5.41, 5.74) is 2.46. The number of nitrogens with zero attached hydrogens (tertiary/aromatic N) is 5. The van der Waals surface area contributed by atoms with E-state index < -0.39 is 0 Å². The molecule has 0 spiro atoms. The summed E-state index contributed by atoms with van der Waals surface area (Å²) in [6.07, 6.45) is 3.76. The maximum Gasteiger partial charge on any atom is 0.219 e. The molecule has 1 saturated carbocycles. The first-order chi connectivity index (χ1) is 13.2. The van der Waals surface area contributed by atoms with Crippen LogP contribution in [0.2, 0.25) is 0 Å². The largest absolute Gasteiger partial charge is 0.497 e. The molecule has 7 heteroatoms. The van der Waals surface area contributed by atoms with Gasteiger partial charge in [-0.05, 0) is 49.2 Å². The van der Waals surface area contributed by atoms with E-state index in [1.165, 1.54) is 12.1 Å². The fourth-order valence-electron chi connectivity index (χ4n) is 3.38. The van der Waals surface area contributed by atoms with E-state index >= 15 is 0 Å². The van der Waals surface area contributed by atoms with E-state index in [1.54, 1.807) is 19.5 Å². The van der Waals surface area contributed by atoms with Gasteiger partial charge in [-0.15, -0.1) is 0 Å². The Morgan fingerprint density at radius 2 is 1.93 bits per heavy atom. The summed E-state index contributed by atoms with van der Waals surface area (Å²) < 4.78 is 21.0. The maximum atomic E-state index is 13.7. The minimum Gasteiger partial charge on any atom is -0.497 e. The molecule has 0 N–H and O–H groups in total. The van der Waals surface area contributed by atoms with Gasteiger partial charge in [-0.25, -0.2) is 14.4 Å². The molecule has 3 aromatic rings. The Labute approximate surface area is 155 Å². The van der Waals surface area contributed by atoms with E-state index in [2.05, 4.69) is 9.98 Å². The van der Waals surface area contributed by atoms with Crippen molar-refractivity contribution in [1.82, 2.24) is 9.55 Å². The number of fused-ring (bicyclic) bond motifs is 1. The second-order valence-corrected chi connectivity index (χ2v) is 6.71. The number of aromatic nitrogens is 2. The summed E-state index contributed by atoms with van der Waals surface area (Å²) in [6.45, 7) is 0.455. The topological polar surface area (TPSA) is 55.0 Å². The first-order valence-corrected chi connectivity index (χ1v) is 8.90. The summed E-state index contributed by atoms with van der Waals surface area (Å²) in [6, 6.07) is 12.5. The van der Waals surface area contributed by atoms with Crippen molar-refractivity contribution in [3.8, 4) is 5.75 Å². The molecule has 0 unspecified atom stereocenters. The van der Waals surface area contributed by atoms with Gasteiger partial charge in [-0.2, -0.15) is 0 Å². The molecule has 27 heavy (non-hydrogen) atoms. The van der Waals surface area contributed by atoms with Crippen molar-refractivity contribution in [3.63, 3.8) is 0 Å². The fraction of sp³-hybridized carbons (Fsp3) is 0.250. The van der Waals surface area contributed by atoms with Gasteiger partial charge >= 0.3 is 0 Å². The highest BCUT2D eigenvalue weighted by molar-refractivity contribution is 6.06. The molecule has 1 fully saturated rings. The summed E-state index contributed by atoms with van der Waals surface area (Å²) >= 11 is 0. The Balaban J connectivity index is 1.66. The van der Waals surface area contributed by atoms with Gasteiger partial charge < -0.3 is 4.74 Å². The molecule has 6 nitrogen and oxygen atoms in total. The van der Waals surface area contributed by atoms with Crippen LogP contribution in [-0.2, 0) is 0 Å². The monoisotopic (exact) mass is 363 g/mol. The van der Waals surface area contributed by atoms with Crippen molar-refractivity contribution in [2.75, 3.05) is 18.7 Å². The van der Waals surface area contributed by atoms with Crippen molar-refractivity contribution in [2.45, 2.75) is 18.8 Å². The van der Waals surface area contributed by atoms with Crippen LogP contribution in [0.5, 0.6) is 5.75 Å². The molecule has 0 radical (unpaired) electrons. The number of methoxy groups -OCH3 is 1. The standard InChI is InChI=1S/C20H18FN5O/c1-27-16-7-5-15(6-8-16)25-12-22-11-23-20(25)26-18-9-4-14(21)10-17(18)24-19(26)13-2-3-13/h4-11,13H,2-3,12H2,1H3. The average molecular weight is 363 g/mol. The third-order valence-corrected chi connectivity index (χ3v) is 4.89. The van der Waals surface area contributed by atoms with Gasteiger partial charge in [0, 0.05) is 17.7 Å². The lowest BCUT2D eigenvalue weighted by molar-refractivity contribution is 0.415. The second kappa shape index (κ2) is 6.19. The van der Waals surface area contributed by atoms with Crippen LogP contribution in [-0.4, -0.2) is 35.6 Å². The number of hydrogen-bond acceptors (Lipinski definition) is 5. The Hall–Kier alpha value is -3.22. The molecular weight excluding hydrogens is 345 g/mol. The third kappa shape index (κ3) is 2.75. The SMILES string of the molecule is COc1ccc(N2CN=CN=C2n2c(C3CC3)nc3cc(F)ccc32)cc1. The number of imidazole rings is 1. The number of hydrogen-bond donors (Lipinski definition) is 0. The van der Waals surface area contributed by atoms with Crippen molar-refractivity contribution >= 4 is 29.0 Å². The van der Waals surface area contributed by atoms with Gasteiger partial charge in [-0.1, -0.05) is 0 Å². The predicted octanol–water partition coefficient (Wildman–Crippen LogP) is 3.77. The minimum absolute atomic E-state index is 0.284. The van der Waals surface area contributed by atoms with Gasteiger partial charge in [0.1, 0.15) is 30.4 Å². The number of aliphatic imine (C=N–C) groups is 2. The highest BCUT2D eigenvalue weighted by Gasteiger charge is 2.33. The van der Waals surface area contributed by atoms with Crippen LogP contribution in [0.15, 0.2) is 52.4 Å². The van der Waals surface area contributed by atoms with Crippen molar-refractivity contribution in [3.05, 3.63) is 54.1 Å². The molecule has 1 aliphatic carbocycles. The number of benzene rings is 2. The zero-order valence-electron chi connectivity index (χ0n) is 14.8. The third-order valence-electron chi connectivity index (χ3n) is 4.89. The van der Waals surface area contributed by atoms with Crippen LogP contribution in [0, 0.1) is 5.82 Å². The molecule has 0 atom stereocenters. The van der Waals surface area contributed by atoms with Crippen molar-refractivity contribution in [2.24, 2.45) is 9.98 Å². The van der Waals surface area contributed by atoms with Gasteiger partial charge in [0.05, 0.1) is 18.1 Å². The van der Waals surface area contributed by atoms with Crippen LogP contribution in [0.1, 0.15) is 24.6 Å². The van der Waals surface area contributed by atoms with E-state index in [1.807, 2.05) is 33.7 Å². The van der Waals surface area contributed by atoms with Gasteiger partial charge in [0.15, 0.2) is 0 Å². The summed E-state index contributed by atoms with van der Waals surface area (Å²) in [4.78, 5) is 15.6. The second-order valence-electron chi connectivity index (χ2n) is 6.71. The van der Waals surface area contributed by atoms with Gasteiger partial charge in [0.25, 0.3) is 0 Å². The van der Waals surface area contributed by atoms with Crippen LogP contribution >= 0.6 is 0 Å². The van der Waals surface area contributed by atoms with E-state index in [-0.39, 0.29) is 5.82 Å². The zero-order chi connectivity index (χ0) is 18.4. The maximum absolute atomic E-state index is 13.7. The lowest BCUT2D eigenvalue weighted by atomic mass is 10.2. The highest BCUT2D eigenvalue weighted by atomic mass is 19.1. The lowest BCUT2D eigenvalue weighted by Crippen LogP contribution is -2.39. The summed E-state index contributed by atoms with van der Waals surface area (Å²) in [5.74, 6) is 2.56. The average Bonchev–Trinajstić information content (AvgIpc) is 3.49. The number of ether oxygens (including phenoxy) is 1. The van der Waals surface area contributed by atoms with Crippen LogP contribution < -0.4 is 9.64 Å².